The number of rotatable bonds is 6. The minimum absolute atomic E-state index is 0.101. The Morgan fingerprint density at radius 1 is 1.06 bits per heavy atom. The quantitative estimate of drug-likeness (QED) is 0.591. The number of aryl methyl sites for hydroxylation is 1. The second kappa shape index (κ2) is 9.75. The molecule has 0 spiro atoms. The van der Waals surface area contributed by atoms with Crippen molar-refractivity contribution >= 4 is 11.6 Å². The Bertz CT molecular complexity index is 1010. The Morgan fingerprint density at radius 2 is 1.87 bits per heavy atom. The van der Waals surface area contributed by atoms with Crippen LogP contribution >= 0.6 is 11.6 Å². The van der Waals surface area contributed by atoms with E-state index in [2.05, 4.69) is 10.2 Å². The highest BCUT2D eigenvalue weighted by Gasteiger charge is 2.29. The summed E-state index contributed by atoms with van der Waals surface area (Å²) < 4.78 is 11.7. The van der Waals surface area contributed by atoms with Gasteiger partial charge in [-0.2, -0.15) is 5.10 Å². The lowest BCUT2D eigenvalue weighted by atomic mass is 9.94. The van der Waals surface area contributed by atoms with Gasteiger partial charge in [-0.25, -0.2) is 0 Å². The first-order chi connectivity index (χ1) is 15.0. The van der Waals surface area contributed by atoms with Gasteiger partial charge in [0, 0.05) is 23.9 Å². The van der Waals surface area contributed by atoms with Gasteiger partial charge in [-0.1, -0.05) is 35.9 Å². The van der Waals surface area contributed by atoms with Gasteiger partial charge < -0.3 is 19.7 Å². The maximum atomic E-state index is 10.1. The highest BCUT2D eigenvalue weighted by atomic mass is 35.5. The van der Waals surface area contributed by atoms with E-state index in [1.165, 1.54) is 0 Å². The predicted molar refractivity (Wildman–Crippen MR) is 117 cm³/mol. The average Bonchev–Trinajstić information content (AvgIpc) is 2.77. The summed E-state index contributed by atoms with van der Waals surface area (Å²) in [4.78, 5) is 0. The van der Waals surface area contributed by atoms with Gasteiger partial charge in [-0.3, -0.25) is 0 Å². The standard InChI is InChI=1S/C24H25ClN2O4/c1-15-2-9-24(27-26-15)31-20-6-3-16(4-7-20)10-18-11-17(5-8-22(18)25)23-13-19(29)12-21(14-28)30-23/h2-9,11,19,21,23,28-29H,10,12-14H2,1H3/t19-,21-,23?/m0/s1. The summed E-state index contributed by atoms with van der Waals surface area (Å²) in [7, 11) is 0. The Morgan fingerprint density at radius 3 is 2.58 bits per heavy atom. The normalized spacial score (nSPS) is 21.1. The molecule has 0 saturated carbocycles. The summed E-state index contributed by atoms with van der Waals surface area (Å²) in [6.45, 7) is 1.77. The molecule has 2 heterocycles. The number of aliphatic hydroxyl groups excluding tert-OH is 2. The van der Waals surface area contributed by atoms with Crippen molar-refractivity contribution in [2.24, 2.45) is 0 Å². The zero-order valence-corrected chi connectivity index (χ0v) is 18.0. The van der Waals surface area contributed by atoms with Crippen LogP contribution in [0.4, 0.5) is 0 Å². The topological polar surface area (TPSA) is 84.7 Å². The van der Waals surface area contributed by atoms with Crippen molar-refractivity contribution in [2.75, 3.05) is 6.61 Å². The first-order valence-corrected chi connectivity index (χ1v) is 10.7. The van der Waals surface area contributed by atoms with Crippen LogP contribution in [-0.4, -0.2) is 39.2 Å². The van der Waals surface area contributed by atoms with Crippen LogP contribution in [0.25, 0.3) is 0 Å². The Labute approximate surface area is 186 Å². The van der Waals surface area contributed by atoms with Crippen LogP contribution in [-0.2, 0) is 11.2 Å². The number of hydrogen-bond donors (Lipinski definition) is 2. The van der Waals surface area contributed by atoms with E-state index in [4.69, 9.17) is 21.1 Å². The summed E-state index contributed by atoms with van der Waals surface area (Å²) in [6, 6.07) is 17.2. The van der Waals surface area contributed by atoms with Crippen molar-refractivity contribution < 1.29 is 19.7 Å². The molecule has 1 aliphatic heterocycles. The number of nitrogens with zero attached hydrogens (tertiary/aromatic N) is 2. The van der Waals surface area contributed by atoms with Gasteiger partial charge in [-0.15, -0.1) is 5.10 Å². The minimum Gasteiger partial charge on any atom is -0.438 e. The number of aliphatic hydroxyl groups is 2. The van der Waals surface area contributed by atoms with E-state index < -0.39 is 6.10 Å². The lowest BCUT2D eigenvalue weighted by molar-refractivity contribution is -0.113. The second-order valence-corrected chi connectivity index (χ2v) is 8.25. The van der Waals surface area contributed by atoms with Crippen molar-refractivity contribution in [3.63, 3.8) is 0 Å². The van der Waals surface area contributed by atoms with Crippen molar-refractivity contribution in [3.05, 3.63) is 82.0 Å². The molecule has 6 nitrogen and oxygen atoms in total. The Balaban J connectivity index is 1.46. The van der Waals surface area contributed by atoms with Crippen molar-refractivity contribution in [1.82, 2.24) is 10.2 Å². The van der Waals surface area contributed by atoms with Crippen LogP contribution in [0.2, 0.25) is 5.02 Å². The lowest BCUT2D eigenvalue weighted by Crippen LogP contribution is -2.33. The van der Waals surface area contributed by atoms with E-state index in [1.54, 1.807) is 6.07 Å². The van der Waals surface area contributed by atoms with Crippen molar-refractivity contribution in [3.8, 4) is 11.6 Å². The number of ether oxygens (including phenoxy) is 2. The Kier molecular flexibility index (Phi) is 6.83. The molecule has 7 heteroatoms. The molecule has 3 aromatic rings. The van der Waals surface area contributed by atoms with Crippen LogP contribution in [0.15, 0.2) is 54.6 Å². The molecular weight excluding hydrogens is 416 g/mol. The van der Waals surface area contributed by atoms with Crippen LogP contribution in [0, 0.1) is 6.92 Å². The molecule has 1 saturated heterocycles. The van der Waals surface area contributed by atoms with E-state index in [1.807, 2.05) is 55.5 Å². The predicted octanol–water partition coefficient (Wildman–Crippen LogP) is 4.39. The first kappa shape index (κ1) is 21.7. The van der Waals surface area contributed by atoms with Gasteiger partial charge >= 0.3 is 0 Å². The zero-order valence-electron chi connectivity index (χ0n) is 17.2. The average molecular weight is 441 g/mol. The number of halogens is 1. The van der Waals surface area contributed by atoms with Gasteiger partial charge in [0.1, 0.15) is 5.75 Å². The molecule has 3 atom stereocenters. The third-order valence-electron chi connectivity index (χ3n) is 5.34. The third-order valence-corrected chi connectivity index (χ3v) is 5.71. The molecule has 0 aliphatic carbocycles. The molecule has 1 fully saturated rings. The SMILES string of the molecule is Cc1ccc(Oc2ccc(Cc3cc(C4C[C@@H](O)C[C@@H](CO)O4)ccc3Cl)cc2)nn1. The van der Waals surface area contributed by atoms with Gasteiger partial charge in [-0.05, 0) is 54.3 Å². The lowest BCUT2D eigenvalue weighted by Gasteiger charge is -2.32. The molecule has 1 aliphatic rings. The molecule has 162 valence electrons. The third kappa shape index (κ3) is 5.60. The molecule has 1 unspecified atom stereocenters. The fraction of sp³-hybridized carbons (Fsp3) is 0.333. The molecular formula is C24H25ClN2O4. The summed E-state index contributed by atoms with van der Waals surface area (Å²) in [5.74, 6) is 1.13. The highest BCUT2D eigenvalue weighted by Crippen LogP contribution is 2.34. The molecule has 2 aromatic carbocycles. The summed E-state index contributed by atoms with van der Waals surface area (Å²) in [5, 5.41) is 28.2. The maximum Gasteiger partial charge on any atom is 0.238 e. The largest absolute Gasteiger partial charge is 0.438 e. The van der Waals surface area contributed by atoms with E-state index >= 15 is 0 Å². The molecule has 1 aromatic heterocycles. The summed E-state index contributed by atoms with van der Waals surface area (Å²) >= 11 is 6.45. The smallest absolute Gasteiger partial charge is 0.238 e. The number of benzene rings is 2. The number of aromatic nitrogens is 2. The number of hydrogen-bond acceptors (Lipinski definition) is 6. The molecule has 4 rings (SSSR count). The molecule has 2 N–H and O–H groups in total. The van der Waals surface area contributed by atoms with Crippen molar-refractivity contribution in [2.45, 2.75) is 44.5 Å². The Hall–Kier alpha value is -2.51. The summed E-state index contributed by atoms with van der Waals surface area (Å²) in [5.41, 5.74) is 3.84. The van der Waals surface area contributed by atoms with Gasteiger partial charge in [0.05, 0.1) is 30.6 Å². The van der Waals surface area contributed by atoms with Crippen LogP contribution in [0.3, 0.4) is 0 Å². The van der Waals surface area contributed by atoms with Crippen LogP contribution < -0.4 is 4.74 Å². The molecule has 31 heavy (non-hydrogen) atoms. The molecule has 0 amide bonds. The van der Waals surface area contributed by atoms with Gasteiger partial charge in [0.15, 0.2) is 0 Å². The molecule has 0 radical (unpaired) electrons. The second-order valence-electron chi connectivity index (χ2n) is 7.84. The van der Waals surface area contributed by atoms with Crippen LogP contribution in [0.5, 0.6) is 11.6 Å². The van der Waals surface area contributed by atoms with E-state index in [-0.39, 0.29) is 18.8 Å². The van der Waals surface area contributed by atoms with E-state index in [0.29, 0.717) is 35.9 Å². The monoisotopic (exact) mass is 440 g/mol. The highest BCUT2D eigenvalue weighted by molar-refractivity contribution is 6.31. The van der Waals surface area contributed by atoms with Gasteiger partial charge in [0.25, 0.3) is 0 Å². The zero-order chi connectivity index (χ0) is 21.8. The maximum absolute atomic E-state index is 10.1. The van der Waals surface area contributed by atoms with Gasteiger partial charge in [0.2, 0.25) is 5.88 Å². The van der Waals surface area contributed by atoms with Crippen molar-refractivity contribution in [1.29, 1.82) is 0 Å². The molecule has 0 bridgehead atoms. The van der Waals surface area contributed by atoms with E-state index in [9.17, 15) is 10.2 Å². The first-order valence-electron chi connectivity index (χ1n) is 10.3. The van der Waals surface area contributed by atoms with E-state index in [0.717, 1.165) is 22.4 Å². The minimum atomic E-state index is -0.485. The summed E-state index contributed by atoms with van der Waals surface area (Å²) in [6.07, 6.45) is 0.514. The fourth-order valence-corrected chi connectivity index (χ4v) is 3.89. The van der Waals surface area contributed by atoms with Crippen LogP contribution in [0.1, 0.15) is 41.3 Å². The fourth-order valence-electron chi connectivity index (χ4n) is 3.71.